The maximum Gasteiger partial charge on any atom is 0.161 e. The minimum absolute atomic E-state index is 0.131. The second-order valence-corrected chi connectivity index (χ2v) is 5.03. The van der Waals surface area contributed by atoms with Crippen molar-refractivity contribution >= 4 is 0 Å². The van der Waals surface area contributed by atoms with Gasteiger partial charge in [0, 0.05) is 6.04 Å². The van der Waals surface area contributed by atoms with Gasteiger partial charge in [-0.2, -0.15) is 0 Å². The van der Waals surface area contributed by atoms with E-state index in [-0.39, 0.29) is 6.04 Å². The maximum atomic E-state index is 6.21. The van der Waals surface area contributed by atoms with Gasteiger partial charge in [-0.15, -0.1) is 0 Å². The third-order valence-corrected chi connectivity index (χ3v) is 3.58. The first kappa shape index (κ1) is 10.9. The lowest BCUT2D eigenvalue weighted by molar-refractivity contribution is 0.171. The Hall–Kier alpha value is -1.22. The Morgan fingerprint density at radius 1 is 1.18 bits per heavy atom. The molecule has 0 saturated heterocycles. The van der Waals surface area contributed by atoms with E-state index in [0.717, 1.165) is 29.4 Å². The predicted molar refractivity (Wildman–Crippen MR) is 66.3 cm³/mol. The van der Waals surface area contributed by atoms with Gasteiger partial charge in [0.25, 0.3) is 0 Å². The minimum Gasteiger partial charge on any atom is -0.486 e. The highest BCUT2D eigenvalue weighted by atomic mass is 16.6. The van der Waals surface area contributed by atoms with Crippen molar-refractivity contribution in [1.82, 2.24) is 0 Å². The summed E-state index contributed by atoms with van der Waals surface area (Å²) in [4.78, 5) is 0. The monoisotopic (exact) mass is 233 g/mol. The molecule has 2 aliphatic rings. The van der Waals surface area contributed by atoms with E-state index in [4.69, 9.17) is 15.2 Å². The van der Waals surface area contributed by atoms with Gasteiger partial charge in [0.05, 0.1) is 0 Å². The topological polar surface area (TPSA) is 44.5 Å². The minimum atomic E-state index is 0.131. The van der Waals surface area contributed by atoms with Crippen molar-refractivity contribution in [2.24, 2.45) is 11.7 Å². The van der Waals surface area contributed by atoms with E-state index < -0.39 is 0 Å². The first-order valence-electron chi connectivity index (χ1n) is 6.48. The Bertz CT molecular complexity index is 401. The highest BCUT2D eigenvalue weighted by Crippen LogP contribution is 2.37. The molecule has 1 atom stereocenters. The fraction of sp³-hybridized carbons (Fsp3) is 0.571. The van der Waals surface area contributed by atoms with Crippen molar-refractivity contribution in [3.63, 3.8) is 0 Å². The molecular formula is C14H19NO2. The summed E-state index contributed by atoms with van der Waals surface area (Å²) >= 11 is 0. The van der Waals surface area contributed by atoms with E-state index in [1.54, 1.807) is 0 Å². The fourth-order valence-electron chi connectivity index (χ4n) is 2.28. The number of hydrogen-bond donors (Lipinski definition) is 1. The van der Waals surface area contributed by atoms with Gasteiger partial charge in [-0.25, -0.2) is 0 Å². The van der Waals surface area contributed by atoms with E-state index in [2.05, 4.69) is 6.07 Å². The fourth-order valence-corrected chi connectivity index (χ4v) is 2.28. The van der Waals surface area contributed by atoms with Crippen LogP contribution in [0.4, 0.5) is 0 Å². The number of benzene rings is 1. The molecule has 1 aromatic carbocycles. The summed E-state index contributed by atoms with van der Waals surface area (Å²) < 4.78 is 11.1. The third-order valence-electron chi connectivity index (χ3n) is 3.58. The van der Waals surface area contributed by atoms with E-state index in [0.29, 0.717) is 13.2 Å². The molecule has 0 spiro atoms. The smallest absolute Gasteiger partial charge is 0.161 e. The molecule has 1 saturated carbocycles. The van der Waals surface area contributed by atoms with Crippen LogP contribution in [0.2, 0.25) is 0 Å². The van der Waals surface area contributed by atoms with Crippen LogP contribution in [0.3, 0.4) is 0 Å². The predicted octanol–water partition coefficient (Wildman–Crippen LogP) is 2.65. The average Bonchev–Trinajstić information content (AvgIpc) is 3.19. The molecule has 2 N–H and O–H groups in total. The summed E-state index contributed by atoms with van der Waals surface area (Å²) in [6, 6.07) is 6.20. The normalized spacial score (nSPS) is 20.1. The lowest BCUT2D eigenvalue weighted by Crippen LogP contribution is -2.16. The molecule has 0 bridgehead atoms. The summed E-state index contributed by atoms with van der Waals surface area (Å²) in [5.74, 6) is 2.63. The quantitative estimate of drug-likeness (QED) is 0.869. The first-order chi connectivity index (χ1) is 8.33. The summed E-state index contributed by atoms with van der Waals surface area (Å²) in [6.45, 7) is 1.27. The van der Waals surface area contributed by atoms with E-state index in [9.17, 15) is 0 Å². The van der Waals surface area contributed by atoms with Gasteiger partial charge in [-0.05, 0) is 36.5 Å². The average molecular weight is 233 g/mol. The van der Waals surface area contributed by atoms with Gasteiger partial charge in [-0.1, -0.05) is 18.9 Å². The molecule has 0 aromatic heterocycles. The van der Waals surface area contributed by atoms with Gasteiger partial charge < -0.3 is 15.2 Å². The summed E-state index contributed by atoms with van der Waals surface area (Å²) in [7, 11) is 0. The Labute approximate surface area is 102 Å². The van der Waals surface area contributed by atoms with Crippen LogP contribution in [0.1, 0.15) is 37.3 Å². The summed E-state index contributed by atoms with van der Waals surface area (Å²) in [5.41, 5.74) is 7.37. The molecule has 1 fully saturated rings. The van der Waals surface area contributed by atoms with Crippen LogP contribution in [-0.4, -0.2) is 13.2 Å². The third kappa shape index (κ3) is 2.55. The van der Waals surface area contributed by atoms with E-state index in [1.165, 1.54) is 19.3 Å². The van der Waals surface area contributed by atoms with Gasteiger partial charge >= 0.3 is 0 Å². The summed E-state index contributed by atoms with van der Waals surface area (Å²) in [6.07, 6.45) is 5.13. The molecule has 0 amide bonds. The van der Waals surface area contributed by atoms with Crippen molar-refractivity contribution in [2.45, 2.75) is 31.7 Å². The molecular weight excluding hydrogens is 214 g/mol. The van der Waals surface area contributed by atoms with Gasteiger partial charge in [-0.3, -0.25) is 0 Å². The number of hydrogen-bond acceptors (Lipinski definition) is 3. The van der Waals surface area contributed by atoms with Gasteiger partial charge in [0.2, 0.25) is 0 Å². The van der Waals surface area contributed by atoms with Crippen LogP contribution in [-0.2, 0) is 0 Å². The van der Waals surface area contributed by atoms with Crippen LogP contribution in [0, 0.1) is 5.92 Å². The Morgan fingerprint density at radius 2 is 1.94 bits per heavy atom. The zero-order chi connectivity index (χ0) is 11.7. The number of rotatable bonds is 4. The van der Waals surface area contributed by atoms with Crippen LogP contribution >= 0.6 is 0 Å². The second-order valence-electron chi connectivity index (χ2n) is 5.03. The molecule has 1 heterocycles. The molecule has 92 valence electrons. The van der Waals surface area contributed by atoms with Crippen molar-refractivity contribution in [1.29, 1.82) is 0 Å². The zero-order valence-electron chi connectivity index (χ0n) is 10.0. The zero-order valence-corrected chi connectivity index (χ0v) is 10.0. The highest BCUT2D eigenvalue weighted by molar-refractivity contribution is 5.44. The van der Waals surface area contributed by atoms with Crippen molar-refractivity contribution in [3.05, 3.63) is 23.8 Å². The molecule has 1 unspecified atom stereocenters. The first-order valence-corrected chi connectivity index (χ1v) is 6.48. The molecule has 1 aromatic rings. The maximum absolute atomic E-state index is 6.21. The lowest BCUT2D eigenvalue weighted by atomic mass is 10.0. The number of fused-ring (bicyclic) bond motifs is 1. The standard InChI is InChI=1S/C14H19NO2/c15-12(5-3-10-1-2-10)11-4-6-13-14(9-11)17-8-7-16-13/h4,6,9-10,12H,1-3,5,7-8,15H2. The molecule has 0 radical (unpaired) electrons. The van der Waals surface area contributed by atoms with Crippen LogP contribution in [0.15, 0.2) is 18.2 Å². The van der Waals surface area contributed by atoms with E-state index in [1.807, 2.05) is 12.1 Å². The molecule has 3 heteroatoms. The van der Waals surface area contributed by atoms with Gasteiger partial charge in [0.15, 0.2) is 11.5 Å². The second kappa shape index (κ2) is 4.57. The van der Waals surface area contributed by atoms with Crippen molar-refractivity contribution in [2.75, 3.05) is 13.2 Å². The van der Waals surface area contributed by atoms with Crippen molar-refractivity contribution < 1.29 is 9.47 Å². The SMILES string of the molecule is NC(CCC1CC1)c1ccc2c(c1)OCCO2. The lowest BCUT2D eigenvalue weighted by Gasteiger charge is -2.20. The van der Waals surface area contributed by atoms with Crippen LogP contribution in [0.5, 0.6) is 11.5 Å². The molecule has 1 aliphatic carbocycles. The molecule has 3 rings (SSSR count). The molecule has 1 aliphatic heterocycles. The largest absolute Gasteiger partial charge is 0.486 e. The number of nitrogens with two attached hydrogens (primary N) is 1. The van der Waals surface area contributed by atoms with E-state index >= 15 is 0 Å². The van der Waals surface area contributed by atoms with Gasteiger partial charge in [0.1, 0.15) is 13.2 Å². The molecule has 3 nitrogen and oxygen atoms in total. The Kier molecular flexibility index (Phi) is 2.93. The number of ether oxygens (including phenoxy) is 2. The summed E-state index contributed by atoms with van der Waals surface area (Å²) in [5, 5.41) is 0. The Balaban J connectivity index is 1.68. The Morgan fingerprint density at radius 3 is 2.71 bits per heavy atom. The highest BCUT2D eigenvalue weighted by Gasteiger charge is 2.22. The molecule has 17 heavy (non-hydrogen) atoms. The van der Waals surface area contributed by atoms with Crippen LogP contribution < -0.4 is 15.2 Å². The van der Waals surface area contributed by atoms with Crippen molar-refractivity contribution in [3.8, 4) is 11.5 Å². The van der Waals surface area contributed by atoms with Crippen LogP contribution in [0.25, 0.3) is 0 Å².